The molecule has 28 heteroatoms. The number of hydrogen-bond acceptors (Lipinski definition) is 21. The second kappa shape index (κ2) is 18.9. The average Bonchev–Trinajstić information content (AvgIpc) is 4.06. The molecule has 0 bridgehead atoms. The van der Waals surface area contributed by atoms with E-state index in [1.54, 1.807) is 67.6 Å². The number of piperazine rings is 1. The maximum atomic E-state index is 16.6. The minimum atomic E-state index is -4.40. The number of ether oxygens (including phenoxy) is 4. The van der Waals surface area contributed by atoms with Crippen LogP contribution in [0.4, 0.5) is 16.3 Å². The third kappa shape index (κ3) is 9.18. The number of nitrogens with two attached hydrogens (primary N) is 2. The van der Waals surface area contributed by atoms with Crippen LogP contribution in [0.5, 0.6) is 23.3 Å². The van der Waals surface area contributed by atoms with E-state index in [1.165, 1.54) is 45.2 Å². The summed E-state index contributed by atoms with van der Waals surface area (Å²) in [5.74, 6) is 0.257. The van der Waals surface area contributed by atoms with Crippen molar-refractivity contribution in [2.75, 3.05) is 64.6 Å². The van der Waals surface area contributed by atoms with Gasteiger partial charge in [-0.25, -0.2) is 23.5 Å². The second-order valence-corrected chi connectivity index (χ2v) is 20.5. The molecule has 3 saturated heterocycles. The van der Waals surface area contributed by atoms with E-state index in [2.05, 4.69) is 29.9 Å². The zero-order valence-corrected chi connectivity index (χ0v) is 39.5. The van der Waals surface area contributed by atoms with Gasteiger partial charge in [0.1, 0.15) is 41.5 Å². The van der Waals surface area contributed by atoms with Gasteiger partial charge in [-0.1, -0.05) is 36.4 Å². The molecule has 0 aliphatic carbocycles. The van der Waals surface area contributed by atoms with Crippen LogP contribution in [0.15, 0.2) is 73.3 Å². The Labute approximate surface area is 393 Å². The molecule has 0 saturated carbocycles. The van der Waals surface area contributed by atoms with Crippen molar-refractivity contribution in [3.05, 3.63) is 73.3 Å². The quantitative estimate of drug-likeness (QED) is 0.0819. The summed E-state index contributed by atoms with van der Waals surface area (Å²) < 4.78 is 99.5. The number of alkyl halides is 1. The number of nitrogen functional groups attached to an aromatic ring is 2. The lowest BCUT2D eigenvalue weighted by molar-refractivity contribution is -0.0949. The van der Waals surface area contributed by atoms with Crippen molar-refractivity contribution in [3.8, 4) is 23.3 Å². The van der Waals surface area contributed by atoms with Gasteiger partial charge < -0.3 is 54.8 Å². The molecular weight excluding hydrogens is 949 g/mol. The molecule has 3 aliphatic rings. The number of halogens is 1. The molecule has 25 nitrogen and oxygen atoms in total. The number of aliphatic hydroxyl groups is 3. The van der Waals surface area contributed by atoms with Crippen LogP contribution < -0.4 is 30.0 Å². The van der Waals surface area contributed by atoms with Crippen LogP contribution in [0, 0.1) is 0 Å². The molecule has 9 rings (SSSR count). The molecule has 7 N–H and O–H groups in total. The Kier molecular flexibility index (Phi) is 13.3. The zero-order valence-electron chi connectivity index (χ0n) is 37.7. The predicted molar refractivity (Wildman–Crippen MR) is 242 cm³/mol. The van der Waals surface area contributed by atoms with Gasteiger partial charge in [-0.2, -0.15) is 29.3 Å². The van der Waals surface area contributed by atoms with E-state index in [0.29, 0.717) is 0 Å². The summed E-state index contributed by atoms with van der Waals surface area (Å²) in [6.07, 6.45) is -6.23. The van der Waals surface area contributed by atoms with E-state index in [1.807, 2.05) is 0 Å². The number of anilines is 2. The molecule has 10 atom stereocenters. The molecule has 2 aromatic carbocycles. The summed E-state index contributed by atoms with van der Waals surface area (Å²) in [6.45, 7) is 2.96. The molecule has 69 heavy (non-hydrogen) atoms. The Morgan fingerprint density at radius 1 is 0.725 bits per heavy atom. The molecule has 6 aromatic rings. The number of imidazole rings is 2. The third-order valence-electron chi connectivity index (χ3n) is 11.9. The van der Waals surface area contributed by atoms with Gasteiger partial charge in [0, 0.05) is 26.2 Å². The zero-order chi connectivity index (χ0) is 48.9. The van der Waals surface area contributed by atoms with Crippen LogP contribution in [0.1, 0.15) is 33.2 Å². The Hall–Kier alpha value is -5.63. The third-order valence-corrected chi connectivity index (χ3v) is 15.9. The predicted octanol–water partition coefficient (Wildman–Crippen LogP) is 3.26. The summed E-state index contributed by atoms with van der Waals surface area (Å²) in [5.41, 5.74) is 8.10. The number of hydrogen-bond donors (Lipinski definition) is 5. The fourth-order valence-corrected chi connectivity index (χ4v) is 11.8. The van der Waals surface area contributed by atoms with Crippen molar-refractivity contribution < 1.29 is 65.9 Å². The molecule has 7 heterocycles. The second-order valence-electron chi connectivity index (χ2n) is 16.6. The van der Waals surface area contributed by atoms with Crippen LogP contribution in [0.3, 0.4) is 0 Å². The number of fused-ring (bicyclic) bond motifs is 2. The Balaban J connectivity index is 0.923. The van der Waals surface area contributed by atoms with Crippen LogP contribution in [-0.2, 0) is 27.7 Å². The van der Waals surface area contributed by atoms with Crippen molar-refractivity contribution in [1.29, 1.82) is 0 Å². The largest absolute Gasteiger partial charge is 0.479 e. The fourth-order valence-electron chi connectivity index (χ4n) is 8.34. The molecule has 0 radical (unpaired) electrons. The van der Waals surface area contributed by atoms with Crippen molar-refractivity contribution in [1.82, 2.24) is 48.4 Å². The average molecular weight is 1000 g/mol. The first-order valence-corrected chi connectivity index (χ1v) is 24.7. The fraction of sp³-hybridized carbons (Fsp3) is 0.463. The van der Waals surface area contributed by atoms with Crippen molar-refractivity contribution in [2.24, 2.45) is 0 Å². The summed E-state index contributed by atoms with van der Waals surface area (Å²) >= 11 is 0. The van der Waals surface area contributed by atoms with Gasteiger partial charge in [0.2, 0.25) is 23.7 Å². The molecule has 4 aromatic heterocycles. The Morgan fingerprint density at radius 2 is 1.17 bits per heavy atom. The number of aliphatic hydroxyl groups excluding tert-OH is 2. The number of nitrogens with zero attached hydrogens (tertiary/aromatic N) is 10. The van der Waals surface area contributed by atoms with Crippen LogP contribution in [0.25, 0.3) is 22.3 Å². The van der Waals surface area contributed by atoms with Gasteiger partial charge in [-0.3, -0.25) is 18.2 Å². The molecule has 0 amide bonds. The SMILES string of the molecule is CCOc1nc(N)nc2c1ncn2[C@@H]1O[C@H](COP(=O)(Oc2ccccc2)N2CCN(P(=O)(OCC3O[C@@H](n4cnc5c(OC)nc(N)nc54)[C@](C)(O)[C@@H]3O)Oc3ccccc3)CC2)[C@@H](O)[C@@]1(C)F. The van der Waals surface area contributed by atoms with Gasteiger partial charge in [0.15, 0.2) is 40.5 Å². The minimum Gasteiger partial charge on any atom is -0.479 e. The number of rotatable bonds is 17. The van der Waals surface area contributed by atoms with Gasteiger partial charge in [0.05, 0.1) is 39.6 Å². The van der Waals surface area contributed by atoms with E-state index in [0.717, 1.165) is 6.92 Å². The molecule has 3 aliphatic heterocycles. The van der Waals surface area contributed by atoms with E-state index in [4.69, 9.17) is 48.5 Å². The van der Waals surface area contributed by atoms with Gasteiger partial charge in [-0.05, 0) is 45.0 Å². The highest BCUT2D eigenvalue weighted by Crippen LogP contribution is 2.57. The summed E-state index contributed by atoms with van der Waals surface area (Å²) in [5, 5.41) is 34.4. The van der Waals surface area contributed by atoms with Gasteiger partial charge in [0.25, 0.3) is 0 Å². The highest BCUT2D eigenvalue weighted by molar-refractivity contribution is 7.52. The summed E-state index contributed by atoms with van der Waals surface area (Å²) in [4.78, 5) is 25.2. The van der Waals surface area contributed by atoms with Gasteiger partial charge >= 0.3 is 15.5 Å². The Morgan fingerprint density at radius 3 is 1.67 bits per heavy atom. The lowest BCUT2D eigenvalue weighted by atomic mass is 9.96. The van der Waals surface area contributed by atoms with Crippen molar-refractivity contribution in [2.45, 2.75) is 68.9 Å². The maximum absolute atomic E-state index is 16.6. The normalized spacial score (nSPS) is 28.4. The lowest BCUT2D eigenvalue weighted by Crippen LogP contribution is -2.46. The first kappa shape index (κ1) is 48.4. The number of methoxy groups -OCH3 is 1. The first-order chi connectivity index (χ1) is 33.0. The molecular formula is C41H51FN12O13P2. The Bertz CT molecular complexity index is 2880. The first-order valence-electron chi connectivity index (χ1n) is 21.7. The smallest absolute Gasteiger partial charge is 0.461 e. The van der Waals surface area contributed by atoms with Gasteiger partial charge in [-0.15, -0.1) is 0 Å². The summed E-state index contributed by atoms with van der Waals surface area (Å²) in [7, 11) is -7.38. The molecule has 3 unspecified atom stereocenters. The minimum absolute atomic E-state index is 0.0839. The van der Waals surface area contributed by atoms with Crippen molar-refractivity contribution in [3.63, 3.8) is 0 Å². The number of para-hydroxylation sites is 2. The summed E-state index contributed by atoms with van der Waals surface area (Å²) in [6, 6.07) is 16.5. The topological polar surface area (TPSA) is 314 Å². The van der Waals surface area contributed by atoms with E-state index in [-0.39, 0.29) is 90.3 Å². The van der Waals surface area contributed by atoms with Crippen LogP contribution in [0.2, 0.25) is 0 Å². The number of aromatic nitrogens is 8. The van der Waals surface area contributed by atoms with Crippen LogP contribution in [-0.4, -0.2) is 152 Å². The monoisotopic (exact) mass is 1000 g/mol. The highest BCUT2D eigenvalue weighted by Gasteiger charge is 2.57. The van der Waals surface area contributed by atoms with Crippen molar-refractivity contribution >= 4 is 49.7 Å². The molecule has 0 spiro atoms. The van der Waals surface area contributed by atoms with E-state index >= 15 is 13.5 Å². The lowest BCUT2D eigenvalue weighted by Gasteiger charge is -2.39. The molecule has 370 valence electrons. The highest BCUT2D eigenvalue weighted by atomic mass is 31.2. The standard InChI is InChI=1S/C41H51FN12O13P2/c1-5-61-35-29-33(48-39(44)50-35)53(22-46-29)36-40(2,42)30(55)26(64-36)20-62-68(58,66-24-12-8-6-9-13-24)51-16-18-52(19-17-51)69(59,67-25-14-10-7-11-15-25)63-21-27-31(56)41(3,57)37(65-27)54-23-45-28-32(54)47-38(43)49-34(28)60-4/h6-15,22-23,26-27,30-31,36-37,55-57H,5,16-21H2,1-4H3,(H2,43,47,49)(H2,44,48,50)/t26-,27?,30-,31-,36-,37-,40-,41-,68?,69?/m1/s1. The van der Waals surface area contributed by atoms with E-state index < -0.39 is 76.8 Å². The molecule has 3 fully saturated rings. The van der Waals surface area contributed by atoms with E-state index in [9.17, 15) is 15.3 Å². The number of benzene rings is 2. The maximum Gasteiger partial charge on any atom is 0.461 e. The van der Waals surface area contributed by atoms with Crippen LogP contribution >= 0.6 is 15.5 Å².